The molecule has 0 aliphatic carbocycles. The first-order valence-corrected chi connectivity index (χ1v) is 6.74. The van der Waals surface area contributed by atoms with Gasteiger partial charge in [-0.1, -0.05) is 59.1 Å². The molecule has 0 aromatic heterocycles. The smallest absolute Gasteiger partial charge is 0.415 e. The summed E-state index contributed by atoms with van der Waals surface area (Å²) >= 11 is 16.6. The van der Waals surface area contributed by atoms with E-state index in [9.17, 15) is 10.1 Å². The van der Waals surface area contributed by atoms with Crippen molar-refractivity contribution in [3.8, 4) is 6.07 Å². The van der Waals surface area contributed by atoms with Gasteiger partial charge in [0.15, 0.2) is 6.04 Å². The molecule has 1 aromatic carbocycles. The van der Waals surface area contributed by atoms with Crippen LogP contribution in [0.25, 0.3) is 6.08 Å². The van der Waals surface area contributed by atoms with Crippen molar-refractivity contribution < 1.29 is 9.53 Å². The fraction of sp³-hybridized carbons (Fsp3) is 0.231. The lowest BCUT2D eigenvalue weighted by atomic mass is 9.97. The molecule has 1 aliphatic heterocycles. The highest BCUT2D eigenvalue weighted by Crippen LogP contribution is 2.31. The number of alkyl halides is 3. The number of benzene rings is 1. The number of ether oxygens (including phenoxy) is 1. The van der Waals surface area contributed by atoms with Crippen LogP contribution in [0.3, 0.4) is 0 Å². The summed E-state index contributed by atoms with van der Waals surface area (Å²) in [5, 5.41) is 9.27. The molecule has 1 heterocycles. The maximum Gasteiger partial charge on any atom is 0.415 e. The summed E-state index contributed by atoms with van der Waals surface area (Å²) in [5.74, 6) is 0. The topological polar surface area (TPSA) is 53.3 Å². The third-order valence-electron chi connectivity index (χ3n) is 2.68. The van der Waals surface area contributed by atoms with Crippen LogP contribution in [0, 0.1) is 11.3 Å². The highest BCUT2D eigenvalue weighted by molar-refractivity contribution is 6.67. The van der Waals surface area contributed by atoms with E-state index in [0.717, 1.165) is 11.1 Å². The second kappa shape index (κ2) is 5.92. The number of hydrogen-bond donors (Lipinski definition) is 0. The summed E-state index contributed by atoms with van der Waals surface area (Å²) in [4.78, 5) is 13.1. The lowest BCUT2D eigenvalue weighted by Gasteiger charge is -2.28. The molecule has 2 rings (SSSR count). The number of carbonyl (C=O) groups is 1. The van der Waals surface area contributed by atoms with Crippen molar-refractivity contribution in [1.82, 2.24) is 4.90 Å². The van der Waals surface area contributed by atoms with Gasteiger partial charge in [0.05, 0.1) is 6.07 Å². The molecule has 1 unspecified atom stereocenters. The number of carbonyl (C=O) groups excluding carboxylic acids is 1. The van der Waals surface area contributed by atoms with Crippen molar-refractivity contribution >= 4 is 47.0 Å². The summed E-state index contributed by atoms with van der Waals surface area (Å²) in [5.41, 5.74) is 1.60. The Morgan fingerprint density at radius 1 is 1.40 bits per heavy atom. The average Bonchev–Trinajstić information content (AvgIpc) is 2.42. The normalized spacial score (nSPS) is 17.3. The van der Waals surface area contributed by atoms with E-state index < -0.39 is 15.9 Å². The van der Waals surface area contributed by atoms with E-state index in [1.54, 1.807) is 18.2 Å². The Morgan fingerprint density at radius 2 is 2.10 bits per heavy atom. The van der Waals surface area contributed by atoms with E-state index >= 15 is 0 Å². The van der Waals surface area contributed by atoms with Crippen LogP contribution in [0.15, 0.2) is 30.5 Å². The van der Waals surface area contributed by atoms with Gasteiger partial charge in [0.2, 0.25) is 3.79 Å². The van der Waals surface area contributed by atoms with Crippen molar-refractivity contribution in [2.45, 2.75) is 9.83 Å². The molecule has 4 nitrogen and oxygen atoms in total. The highest BCUT2D eigenvalue weighted by atomic mass is 35.6. The van der Waals surface area contributed by atoms with Crippen molar-refractivity contribution in [3.63, 3.8) is 0 Å². The van der Waals surface area contributed by atoms with E-state index in [-0.39, 0.29) is 6.61 Å². The van der Waals surface area contributed by atoms with Crippen LogP contribution in [-0.4, -0.2) is 21.4 Å². The van der Waals surface area contributed by atoms with Crippen molar-refractivity contribution in [3.05, 3.63) is 41.6 Å². The first kappa shape index (κ1) is 15.0. The number of amides is 1. The molecule has 0 bridgehead atoms. The molecular formula is C13H9Cl3N2O2. The molecule has 0 saturated carbocycles. The quantitative estimate of drug-likeness (QED) is 0.730. The molecule has 0 N–H and O–H groups in total. The molecule has 0 saturated heterocycles. The monoisotopic (exact) mass is 330 g/mol. The third-order valence-corrected chi connectivity index (χ3v) is 3.00. The van der Waals surface area contributed by atoms with Gasteiger partial charge in [-0.2, -0.15) is 5.26 Å². The van der Waals surface area contributed by atoms with E-state index in [1.165, 1.54) is 11.1 Å². The average molecular weight is 332 g/mol. The predicted molar refractivity (Wildman–Crippen MR) is 77.3 cm³/mol. The molecule has 1 aliphatic rings. The highest BCUT2D eigenvalue weighted by Gasteiger charge is 2.31. The van der Waals surface area contributed by atoms with Crippen LogP contribution in [0.4, 0.5) is 4.79 Å². The van der Waals surface area contributed by atoms with Gasteiger partial charge in [0, 0.05) is 6.20 Å². The van der Waals surface area contributed by atoms with Gasteiger partial charge in [0.25, 0.3) is 0 Å². The van der Waals surface area contributed by atoms with Gasteiger partial charge in [-0.25, -0.2) is 4.79 Å². The van der Waals surface area contributed by atoms with Crippen molar-refractivity contribution in [1.29, 1.82) is 5.26 Å². The zero-order valence-electron chi connectivity index (χ0n) is 10.1. The van der Waals surface area contributed by atoms with Crippen LogP contribution in [0.2, 0.25) is 0 Å². The number of rotatable bonds is 1. The number of fused-ring (bicyclic) bond motifs is 1. The molecule has 7 heteroatoms. The molecule has 0 spiro atoms. The lowest BCUT2D eigenvalue weighted by Crippen LogP contribution is -2.34. The fourth-order valence-corrected chi connectivity index (χ4v) is 1.99. The van der Waals surface area contributed by atoms with Gasteiger partial charge in [-0.05, 0) is 17.2 Å². The molecule has 104 valence electrons. The Kier molecular flexibility index (Phi) is 4.44. The third kappa shape index (κ3) is 3.37. The molecule has 1 amide bonds. The number of halogens is 3. The van der Waals surface area contributed by atoms with E-state index in [1.807, 2.05) is 12.1 Å². The molecule has 0 fully saturated rings. The van der Waals surface area contributed by atoms with Crippen LogP contribution in [0.5, 0.6) is 0 Å². The maximum atomic E-state index is 11.9. The van der Waals surface area contributed by atoms with E-state index in [0.29, 0.717) is 0 Å². The van der Waals surface area contributed by atoms with Crippen molar-refractivity contribution in [2.24, 2.45) is 0 Å². The number of nitrogens with zero attached hydrogens (tertiary/aromatic N) is 2. The number of hydrogen-bond acceptors (Lipinski definition) is 3. The van der Waals surface area contributed by atoms with E-state index in [4.69, 9.17) is 39.5 Å². The molecule has 1 aromatic rings. The summed E-state index contributed by atoms with van der Waals surface area (Å²) < 4.78 is 3.20. The zero-order chi connectivity index (χ0) is 14.8. The second-order valence-corrected chi connectivity index (χ2v) is 6.57. The number of nitriles is 1. The van der Waals surface area contributed by atoms with Gasteiger partial charge in [-0.15, -0.1) is 0 Å². The molecule has 20 heavy (non-hydrogen) atoms. The Bertz CT molecular complexity index is 590. The van der Waals surface area contributed by atoms with Gasteiger partial charge in [0.1, 0.15) is 6.61 Å². The van der Waals surface area contributed by atoms with Crippen LogP contribution >= 0.6 is 34.8 Å². The Balaban J connectivity index is 2.18. The van der Waals surface area contributed by atoms with Crippen LogP contribution < -0.4 is 0 Å². The van der Waals surface area contributed by atoms with Crippen LogP contribution in [-0.2, 0) is 4.74 Å². The molecular weight excluding hydrogens is 323 g/mol. The summed E-state index contributed by atoms with van der Waals surface area (Å²) in [6.45, 7) is -0.388. The van der Waals surface area contributed by atoms with Gasteiger partial charge >= 0.3 is 6.09 Å². The molecule has 1 atom stereocenters. The lowest BCUT2D eigenvalue weighted by molar-refractivity contribution is 0.112. The summed E-state index contributed by atoms with van der Waals surface area (Å²) in [6, 6.07) is 8.59. The Morgan fingerprint density at radius 3 is 2.75 bits per heavy atom. The van der Waals surface area contributed by atoms with Gasteiger partial charge in [-0.3, -0.25) is 4.90 Å². The maximum absolute atomic E-state index is 11.9. The summed E-state index contributed by atoms with van der Waals surface area (Å²) in [6.07, 6.45) is 2.46. The largest absolute Gasteiger partial charge is 0.445 e. The predicted octanol–water partition coefficient (Wildman–Crippen LogP) is 4.04. The summed E-state index contributed by atoms with van der Waals surface area (Å²) in [7, 11) is 0. The second-order valence-electron chi connectivity index (χ2n) is 4.05. The zero-order valence-corrected chi connectivity index (χ0v) is 12.4. The minimum Gasteiger partial charge on any atom is -0.445 e. The minimum absolute atomic E-state index is 0.388. The minimum atomic E-state index is -1.69. The first-order valence-electron chi connectivity index (χ1n) is 5.61. The van der Waals surface area contributed by atoms with E-state index in [2.05, 4.69) is 6.07 Å². The first-order chi connectivity index (χ1) is 9.42. The Hall–Kier alpha value is -1.41. The van der Waals surface area contributed by atoms with Crippen LogP contribution in [0.1, 0.15) is 17.2 Å². The SMILES string of the molecule is N#CC1c2ccccc2C=CN1C(=O)OCC(Cl)(Cl)Cl. The Labute approximate surface area is 131 Å². The standard InChI is InChI=1S/C13H9Cl3N2O2/c14-13(15,16)8-20-12(19)18-6-5-9-3-1-2-4-10(9)11(18)7-17/h1-6,11H,8H2. The fourth-order valence-electron chi connectivity index (χ4n) is 1.82. The molecule has 0 radical (unpaired) electrons. The van der Waals surface area contributed by atoms with Gasteiger partial charge < -0.3 is 4.74 Å². The van der Waals surface area contributed by atoms with Crippen molar-refractivity contribution in [2.75, 3.05) is 6.61 Å².